The number of amides is 2. The molecule has 1 aliphatic heterocycles. The van der Waals surface area contributed by atoms with E-state index in [-0.39, 0.29) is 23.7 Å². The number of likely N-dealkylation sites (tertiary alicyclic amines) is 1. The Bertz CT molecular complexity index is 345. The molecule has 0 bridgehead atoms. The summed E-state index contributed by atoms with van der Waals surface area (Å²) in [5, 5.41) is 3.36. The average molecular weight is 280 g/mol. The van der Waals surface area contributed by atoms with Crippen LogP contribution in [0.5, 0.6) is 0 Å². The zero-order chi connectivity index (χ0) is 14.7. The van der Waals surface area contributed by atoms with E-state index in [1.165, 1.54) is 0 Å². The molecule has 4 nitrogen and oxygen atoms in total. The van der Waals surface area contributed by atoms with Crippen molar-refractivity contribution >= 4 is 11.8 Å². The van der Waals surface area contributed by atoms with Crippen molar-refractivity contribution in [1.82, 2.24) is 10.2 Å². The van der Waals surface area contributed by atoms with Crippen LogP contribution in [0.1, 0.15) is 46.5 Å². The Morgan fingerprint density at radius 2 is 1.80 bits per heavy atom. The molecule has 2 amide bonds. The summed E-state index contributed by atoms with van der Waals surface area (Å²) >= 11 is 0. The average Bonchev–Trinajstić information content (AvgIpc) is 2.95. The number of fused-ring (bicyclic) bond motifs is 1. The van der Waals surface area contributed by atoms with Crippen LogP contribution in [0, 0.1) is 23.7 Å². The maximum atomic E-state index is 12.4. The molecule has 0 radical (unpaired) electrons. The number of imide groups is 1. The molecule has 114 valence electrons. The first-order chi connectivity index (χ1) is 9.58. The third kappa shape index (κ3) is 3.05. The highest BCUT2D eigenvalue weighted by atomic mass is 16.2. The van der Waals surface area contributed by atoms with Gasteiger partial charge in [-0.2, -0.15) is 0 Å². The quantitative estimate of drug-likeness (QED) is 0.573. The Morgan fingerprint density at radius 1 is 1.20 bits per heavy atom. The molecule has 3 unspecified atom stereocenters. The molecule has 1 heterocycles. The number of rotatable bonds is 7. The van der Waals surface area contributed by atoms with Gasteiger partial charge >= 0.3 is 0 Å². The minimum absolute atomic E-state index is 0.0109. The van der Waals surface area contributed by atoms with Crippen molar-refractivity contribution in [2.24, 2.45) is 23.7 Å². The topological polar surface area (TPSA) is 49.4 Å². The van der Waals surface area contributed by atoms with Gasteiger partial charge in [0.1, 0.15) is 0 Å². The summed E-state index contributed by atoms with van der Waals surface area (Å²) in [5.74, 6) is 1.07. The molecule has 1 saturated carbocycles. The van der Waals surface area contributed by atoms with Gasteiger partial charge in [0, 0.05) is 6.54 Å². The first kappa shape index (κ1) is 15.5. The first-order valence-electron chi connectivity index (χ1n) is 8.14. The van der Waals surface area contributed by atoms with E-state index < -0.39 is 0 Å². The van der Waals surface area contributed by atoms with Gasteiger partial charge in [0.15, 0.2) is 0 Å². The largest absolute Gasteiger partial charge is 0.316 e. The van der Waals surface area contributed by atoms with Gasteiger partial charge in [-0.25, -0.2) is 0 Å². The minimum Gasteiger partial charge on any atom is -0.316 e. The minimum atomic E-state index is -0.0109. The van der Waals surface area contributed by atoms with Gasteiger partial charge in [-0.1, -0.05) is 27.2 Å². The van der Waals surface area contributed by atoms with Crippen molar-refractivity contribution in [1.29, 1.82) is 0 Å². The third-order valence-corrected chi connectivity index (χ3v) is 4.82. The van der Waals surface area contributed by atoms with Crippen molar-refractivity contribution in [3.8, 4) is 0 Å². The summed E-state index contributed by atoms with van der Waals surface area (Å²) in [5.41, 5.74) is 0. The number of nitrogens with zero attached hydrogens (tertiary/aromatic N) is 1. The zero-order valence-corrected chi connectivity index (χ0v) is 13.0. The van der Waals surface area contributed by atoms with E-state index >= 15 is 0 Å². The van der Waals surface area contributed by atoms with Crippen molar-refractivity contribution in [3.05, 3.63) is 0 Å². The van der Waals surface area contributed by atoms with Gasteiger partial charge in [0.05, 0.1) is 11.8 Å². The molecule has 4 heteroatoms. The predicted octanol–water partition coefficient (Wildman–Crippen LogP) is 2.04. The van der Waals surface area contributed by atoms with Crippen molar-refractivity contribution in [2.75, 3.05) is 19.6 Å². The summed E-state index contributed by atoms with van der Waals surface area (Å²) in [6.07, 6.45) is 4.04. The molecule has 20 heavy (non-hydrogen) atoms. The number of hydrogen-bond acceptors (Lipinski definition) is 3. The molecule has 0 aromatic carbocycles. The first-order valence-corrected chi connectivity index (χ1v) is 8.14. The fourth-order valence-corrected chi connectivity index (χ4v) is 3.61. The van der Waals surface area contributed by atoms with Crippen molar-refractivity contribution < 1.29 is 9.59 Å². The molecule has 1 saturated heterocycles. The van der Waals surface area contributed by atoms with Crippen LogP contribution < -0.4 is 5.32 Å². The van der Waals surface area contributed by atoms with E-state index in [1.807, 2.05) is 0 Å². The normalized spacial score (nSPS) is 30.9. The molecular weight excluding hydrogens is 252 g/mol. The second kappa shape index (κ2) is 6.70. The molecule has 2 aliphatic rings. The standard InChI is InChI=1S/C16H28N2O2/c1-4-6-17-9-11(3)10-18-15(19)13-7-12(5-2)8-14(13)16(18)20/h11-14,17H,4-10H2,1-3H3. The second-order valence-corrected chi connectivity index (χ2v) is 6.56. The highest BCUT2D eigenvalue weighted by molar-refractivity contribution is 6.05. The molecule has 0 aromatic rings. The summed E-state index contributed by atoms with van der Waals surface area (Å²) in [7, 11) is 0. The Labute approximate surface area is 122 Å². The highest BCUT2D eigenvalue weighted by Gasteiger charge is 2.52. The summed E-state index contributed by atoms with van der Waals surface area (Å²) in [6, 6.07) is 0. The van der Waals surface area contributed by atoms with Crippen LogP contribution in [0.3, 0.4) is 0 Å². The molecular formula is C16H28N2O2. The maximum absolute atomic E-state index is 12.4. The predicted molar refractivity (Wildman–Crippen MR) is 79.0 cm³/mol. The fraction of sp³-hybridized carbons (Fsp3) is 0.875. The zero-order valence-electron chi connectivity index (χ0n) is 13.0. The number of hydrogen-bond donors (Lipinski definition) is 1. The Morgan fingerprint density at radius 3 is 2.30 bits per heavy atom. The maximum Gasteiger partial charge on any atom is 0.233 e. The number of carbonyl (C=O) groups is 2. The second-order valence-electron chi connectivity index (χ2n) is 6.56. The summed E-state index contributed by atoms with van der Waals surface area (Å²) in [6.45, 7) is 8.84. The van der Waals surface area contributed by atoms with Crippen LogP contribution in [-0.2, 0) is 9.59 Å². The van der Waals surface area contributed by atoms with Gasteiger partial charge in [-0.3, -0.25) is 14.5 Å². The van der Waals surface area contributed by atoms with Gasteiger partial charge in [-0.15, -0.1) is 0 Å². The number of carbonyl (C=O) groups excluding carboxylic acids is 2. The fourth-order valence-electron chi connectivity index (χ4n) is 3.61. The van der Waals surface area contributed by atoms with Gasteiger partial charge in [0.25, 0.3) is 0 Å². The van der Waals surface area contributed by atoms with E-state index in [0.29, 0.717) is 18.4 Å². The van der Waals surface area contributed by atoms with Gasteiger partial charge < -0.3 is 5.32 Å². The Hall–Kier alpha value is -0.900. The van der Waals surface area contributed by atoms with Crippen LogP contribution in [-0.4, -0.2) is 36.3 Å². The monoisotopic (exact) mass is 280 g/mol. The van der Waals surface area contributed by atoms with Gasteiger partial charge in [-0.05, 0) is 44.2 Å². The molecule has 1 aliphatic carbocycles. The summed E-state index contributed by atoms with van der Waals surface area (Å²) in [4.78, 5) is 26.4. The SMILES string of the molecule is CCCNCC(C)CN1C(=O)C2CC(CC)CC2C1=O. The molecule has 0 aromatic heterocycles. The third-order valence-electron chi connectivity index (χ3n) is 4.82. The van der Waals surface area contributed by atoms with Crippen LogP contribution >= 0.6 is 0 Å². The van der Waals surface area contributed by atoms with Crippen LogP contribution in [0.2, 0.25) is 0 Å². The van der Waals surface area contributed by atoms with Crippen molar-refractivity contribution in [2.45, 2.75) is 46.5 Å². The van der Waals surface area contributed by atoms with Crippen molar-refractivity contribution in [3.63, 3.8) is 0 Å². The molecule has 0 spiro atoms. The van der Waals surface area contributed by atoms with Crippen LogP contribution in [0.15, 0.2) is 0 Å². The Kier molecular flexibility index (Phi) is 5.19. The lowest BCUT2D eigenvalue weighted by Crippen LogP contribution is -2.38. The lowest BCUT2D eigenvalue weighted by atomic mass is 10.00. The highest BCUT2D eigenvalue weighted by Crippen LogP contribution is 2.44. The van der Waals surface area contributed by atoms with E-state index in [4.69, 9.17) is 0 Å². The Balaban J connectivity index is 1.88. The smallest absolute Gasteiger partial charge is 0.233 e. The van der Waals surface area contributed by atoms with Crippen LogP contribution in [0.25, 0.3) is 0 Å². The van der Waals surface area contributed by atoms with E-state index in [9.17, 15) is 9.59 Å². The van der Waals surface area contributed by atoms with Gasteiger partial charge in [0.2, 0.25) is 11.8 Å². The van der Waals surface area contributed by atoms with Crippen LogP contribution in [0.4, 0.5) is 0 Å². The van der Waals surface area contributed by atoms with E-state index in [2.05, 4.69) is 26.1 Å². The number of nitrogens with one attached hydrogen (secondary N) is 1. The summed E-state index contributed by atoms with van der Waals surface area (Å²) < 4.78 is 0. The molecule has 3 atom stereocenters. The van der Waals surface area contributed by atoms with E-state index in [1.54, 1.807) is 4.90 Å². The molecule has 2 rings (SSSR count). The lowest BCUT2D eigenvalue weighted by Gasteiger charge is -2.21. The molecule has 2 fully saturated rings. The van der Waals surface area contributed by atoms with E-state index in [0.717, 1.165) is 38.8 Å². The lowest BCUT2D eigenvalue weighted by molar-refractivity contribution is -0.141. The molecule has 1 N–H and O–H groups in total.